The molecule has 0 bridgehead atoms. The minimum atomic E-state index is -0.645. The van der Waals surface area contributed by atoms with Gasteiger partial charge in [-0.25, -0.2) is 0 Å². The summed E-state index contributed by atoms with van der Waals surface area (Å²) in [5, 5.41) is 11.8. The smallest absolute Gasteiger partial charge is 0.0983 e. The number of rotatable bonds is 1. The summed E-state index contributed by atoms with van der Waals surface area (Å²) in [5.74, 6) is 0.849. The SMILES string of the molecule is Cc1ccc2c(c1)C(O)(C1CCCCC1)C(C)(C)C2C. The van der Waals surface area contributed by atoms with Crippen molar-refractivity contribution in [3.8, 4) is 0 Å². The average molecular weight is 272 g/mol. The highest BCUT2D eigenvalue weighted by Crippen LogP contribution is 2.62. The number of hydrogen-bond donors (Lipinski definition) is 1. The van der Waals surface area contributed by atoms with E-state index in [2.05, 4.69) is 45.9 Å². The Morgan fingerprint density at radius 2 is 1.75 bits per heavy atom. The van der Waals surface area contributed by atoms with Crippen LogP contribution in [0.25, 0.3) is 0 Å². The first kappa shape index (κ1) is 14.1. The fraction of sp³-hybridized carbons (Fsp3) is 0.684. The van der Waals surface area contributed by atoms with Crippen molar-refractivity contribution in [1.82, 2.24) is 0 Å². The molecule has 1 aromatic rings. The highest BCUT2D eigenvalue weighted by atomic mass is 16.3. The normalized spacial score (nSPS) is 33.1. The molecule has 0 saturated heterocycles. The summed E-state index contributed by atoms with van der Waals surface area (Å²) in [6, 6.07) is 6.69. The van der Waals surface area contributed by atoms with Crippen LogP contribution in [0.5, 0.6) is 0 Å². The molecule has 2 unspecified atom stereocenters. The standard InChI is InChI=1S/C19H28O/c1-13-10-11-16-14(2)18(3,4)19(20,17(16)12-13)15-8-6-5-7-9-15/h10-12,14-15,20H,5-9H2,1-4H3. The average Bonchev–Trinajstić information content (AvgIpc) is 2.59. The summed E-state index contributed by atoms with van der Waals surface area (Å²) in [6.45, 7) is 8.95. The first-order valence-corrected chi connectivity index (χ1v) is 8.22. The van der Waals surface area contributed by atoms with Gasteiger partial charge in [0.15, 0.2) is 0 Å². The van der Waals surface area contributed by atoms with E-state index in [1.165, 1.54) is 48.8 Å². The lowest BCUT2D eigenvalue weighted by Gasteiger charge is -2.47. The fourth-order valence-corrected chi connectivity index (χ4v) is 4.71. The molecule has 1 heteroatoms. The summed E-state index contributed by atoms with van der Waals surface area (Å²) in [5.41, 5.74) is 3.14. The van der Waals surface area contributed by atoms with Crippen LogP contribution in [0.15, 0.2) is 18.2 Å². The summed E-state index contributed by atoms with van der Waals surface area (Å²) in [7, 11) is 0. The molecule has 2 aliphatic rings. The van der Waals surface area contributed by atoms with Crippen molar-refractivity contribution in [1.29, 1.82) is 0 Å². The molecule has 1 nitrogen and oxygen atoms in total. The van der Waals surface area contributed by atoms with Crippen LogP contribution in [0, 0.1) is 18.3 Å². The Balaban J connectivity index is 2.15. The van der Waals surface area contributed by atoms with Gasteiger partial charge in [0, 0.05) is 5.41 Å². The van der Waals surface area contributed by atoms with E-state index < -0.39 is 5.60 Å². The van der Waals surface area contributed by atoms with Gasteiger partial charge in [0.05, 0.1) is 5.60 Å². The summed E-state index contributed by atoms with van der Waals surface area (Å²) in [6.07, 6.45) is 6.25. The lowest BCUT2D eigenvalue weighted by molar-refractivity contribution is -0.124. The van der Waals surface area contributed by atoms with Crippen LogP contribution in [0.4, 0.5) is 0 Å². The molecular weight excluding hydrogens is 244 g/mol. The predicted octanol–water partition coefficient (Wildman–Crippen LogP) is 4.91. The number of aliphatic hydroxyl groups is 1. The Labute approximate surface area is 123 Å². The summed E-state index contributed by atoms with van der Waals surface area (Å²) in [4.78, 5) is 0. The Morgan fingerprint density at radius 1 is 1.10 bits per heavy atom. The van der Waals surface area contributed by atoms with Crippen molar-refractivity contribution in [2.45, 2.75) is 71.3 Å². The summed E-state index contributed by atoms with van der Waals surface area (Å²) >= 11 is 0. The molecule has 3 rings (SSSR count). The fourth-order valence-electron chi connectivity index (χ4n) is 4.71. The largest absolute Gasteiger partial charge is 0.384 e. The highest BCUT2D eigenvalue weighted by Gasteiger charge is 2.58. The van der Waals surface area contributed by atoms with E-state index in [4.69, 9.17) is 0 Å². The van der Waals surface area contributed by atoms with Gasteiger partial charge in [0.1, 0.15) is 0 Å². The van der Waals surface area contributed by atoms with Crippen LogP contribution < -0.4 is 0 Å². The first-order chi connectivity index (χ1) is 9.39. The van der Waals surface area contributed by atoms with E-state index in [1.807, 2.05) is 0 Å². The second kappa shape index (κ2) is 4.59. The second-order valence-corrected chi connectivity index (χ2v) is 7.64. The zero-order valence-electron chi connectivity index (χ0n) is 13.4. The number of aryl methyl sites for hydroxylation is 1. The number of benzene rings is 1. The van der Waals surface area contributed by atoms with E-state index in [0.29, 0.717) is 11.8 Å². The van der Waals surface area contributed by atoms with E-state index in [9.17, 15) is 5.11 Å². The molecule has 2 atom stereocenters. The van der Waals surface area contributed by atoms with Crippen molar-refractivity contribution >= 4 is 0 Å². The summed E-state index contributed by atoms with van der Waals surface area (Å²) < 4.78 is 0. The van der Waals surface area contributed by atoms with Gasteiger partial charge >= 0.3 is 0 Å². The van der Waals surface area contributed by atoms with Crippen LogP contribution >= 0.6 is 0 Å². The Hall–Kier alpha value is -0.820. The van der Waals surface area contributed by atoms with Gasteiger partial charge in [-0.05, 0) is 42.7 Å². The molecule has 0 spiro atoms. The molecule has 1 aromatic carbocycles. The van der Waals surface area contributed by atoms with Crippen molar-refractivity contribution in [3.05, 3.63) is 34.9 Å². The molecule has 0 amide bonds. The quantitative estimate of drug-likeness (QED) is 0.770. The van der Waals surface area contributed by atoms with Gasteiger partial charge in [-0.1, -0.05) is 63.8 Å². The molecule has 1 saturated carbocycles. The maximum Gasteiger partial charge on any atom is 0.0983 e. The minimum Gasteiger partial charge on any atom is -0.384 e. The third-order valence-corrected chi connectivity index (χ3v) is 6.35. The molecule has 0 radical (unpaired) electrons. The maximum absolute atomic E-state index is 11.8. The topological polar surface area (TPSA) is 20.2 Å². The van der Waals surface area contributed by atoms with Crippen LogP contribution in [-0.2, 0) is 5.60 Å². The predicted molar refractivity (Wildman–Crippen MR) is 83.8 cm³/mol. The second-order valence-electron chi connectivity index (χ2n) is 7.64. The van der Waals surface area contributed by atoms with E-state index in [-0.39, 0.29) is 5.41 Å². The van der Waals surface area contributed by atoms with Crippen LogP contribution in [0.2, 0.25) is 0 Å². The van der Waals surface area contributed by atoms with Crippen LogP contribution in [0.3, 0.4) is 0 Å². The van der Waals surface area contributed by atoms with Gasteiger partial charge in [-0.3, -0.25) is 0 Å². The van der Waals surface area contributed by atoms with Gasteiger partial charge in [0.25, 0.3) is 0 Å². The molecule has 0 heterocycles. The molecule has 2 aliphatic carbocycles. The molecular formula is C19H28O. The van der Waals surface area contributed by atoms with Gasteiger partial charge in [-0.15, -0.1) is 0 Å². The molecule has 110 valence electrons. The lowest BCUT2D eigenvalue weighted by Crippen LogP contribution is -2.46. The zero-order valence-corrected chi connectivity index (χ0v) is 13.4. The van der Waals surface area contributed by atoms with E-state index >= 15 is 0 Å². The molecule has 20 heavy (non-hydrogen) atoms. The third-order valence-electron chi connectivity index (χ3n) is 6.35. The van der Waals surface area contributed by atoms with Crippen LogP contribution in [-0.4, -0.2) is 5.11 Å². The van der Waals surface area contributed by atoms with E-state index in [1.54, 1.807) is 0 Å². The zero-order chi connectivity index (χ0) is 14.5. The van der Waals surface area contributed by atoms with Crippen LogP contribution in [0.1, 0.15) is 75.5 Å². The Bertz CT molecular complexity index is 510. The minimum absolute atomic E-state index is 0.0782. The van der Waals surface area contributed by atoms with Gasteiger partial charge in [-0.2, -0.15) is 0 Å². The maximum atomic E-state index is 11.8. The first-order valence-electron chi connectivity index (χ1n) is 8.22. The van der Waals surface area contributed by atoms with E-state index in [0.717, 1.165) is 0 Å². The Kier molecular flexibility index (Phi) is 3.25. The number of fused-ring (bicyclic) bond motifs is 1. The van der Waals surface area contributed by atoms with Crippen molar-refractivity contribution < 1.29 is 5.11 Å². The third kappa shape index (κ3) is 1.72. The Morgan fingerprint density at radius 3 is 2.40 bits per heavy atom. The monoisotopic (exact) mass is 272 g/mol. The van der Waals surface area contributed by atoms with Gasteiger partial charge < -0.3 is 5.11 Å². The van der Waals surface area contributed by atoms with Crippen molar-refractivity contribution in [3.63, 3.8) is 0 Å². The number of hydrogen-bond acceptors (Lipinski definition) is 1. The molecule has 0 aromatic heterocycles. The molecule has 1 fully saturated rings. The molecule has 1 N–H and O–H groups in total. The van der Waals surface area contributed by atoms with Crippen molar-refractivity contribution in [2.75, 3.05) is 0 Å². The lowest BCUT2D eigenvalue weighted by atomic mass is 9.62. The van der Waals surface area contributed by atoms with Gasteiger partial charge in [0.2, 0.25) is 0 Å². The molecule has 0 aliphatic heterocycles. The van der Waals surface area contributed by atoms with Crippen molar-refractivity contribution in [2.24, 2.45) is 11.3 Å². The highest BCUT2D eigenvalue weighted by molar-refractivity contribution is 5.46.